The fraction of sp³-hybridized carbons (Fsp3) is 0.0769. The molecule has 1 aromatic carbocycles. The summed E-state index contributed by atoms with van der Waals surface area (Å²) in [6.07, 6.45) is 0. The summed E-state index contributed by atoms with van der Waals surface area (Å²) in [5.74, 6) is 1.15. The molecule has 0 aliphatic heterocycles. The van der Waals surface area contributed by atoms with E-state index in [0.29, 0.717) is 5.95 Å². The molecule has 0 saturated heterocycles. The SMILES string of the molecule is CN(c1ccccc1)c1nc(N)nc2sccc12. The van der Waals surface area contributed by atoms with Gasteiger partial charge in [-0.1, -0.05) is 18.2 Å². The van der Waals surface area contributed by atoms with E-state index in [4.69, 9.17) is 5.73 Å². The van der Waals surface area contributed by atoms with E-state index in [1.807, 2.05) is 53.7 Å². The lowest BCUT2D eigenvalue weighted by Gasteiger charge is -2.19. The first-order valence-corrected chi connectivity index (χ1v) is 6.43. The molecule has 0 saturated carbocycles. The highest BCUT2D eigenvalue weighted by Gasteiger charge is 2.12. The Labute approximate surface area is 109 Å². The number of nitrogens with two attached hydrogens (primary N) is 1. The molecule has 0 aliphatic rings. The Morgan fingerprint density at radius 2 is 1.89 bits per heavy atom. The van der Waals surface area contributed by atoms with Gasteiger partial charge in [-0.05, 0) is 23.6 Å². The van der Waals surface area contributed by atoms with Crippen molar-refractivity contribution in [3.05, 3.63) is 41.8 Å². The van der Waals surface area contributed by atoms with Crippen LogP contribution in [0.15, 0.2) is 41.8 Å². The van der Waals surface area contributed by atoms with Crippen LogP contribution in [-0.2, 0) is 0 Å². The molecule has 3 rings (SSSR count). The van der Waals surface area contributed by atoms with Gasteiger partial charge in [-0.2, -0.15) is 4.98 Å². The number of benzene rings is 1. The summed E-state index contributed by atoms with van der Waals surface area (Å²) in [7, 11) is 1.98. The molecule has 0 atom stereocenters. The Balaban J connectivity index is 2.17. The van der Waals surface area contributed by atoms with E-state index in [1.54, 1.807) is 11.3 Å². The zero-order chi connectivity index (χ0) is 12.5. The Morgan fingerprint density at radius 3 is 2.67 bits per heavy atom. The van der Waals surface area contributed by atoms with E-state index >= 15 is 0 Å². The summed E-state index contributed by atoms with van der Waals surface area (Å²) >= 11 is 1.57. The number of anilines is 3. The zero-order valence-corrected chi connectivity index (χ0v) is 10.7. The maximum atomic E-state index is 5.76. The molecule has 0 fully saturated rings. The first kappa shape index (κ1) is 11.0. The minimum absolute atomic E-state index is 0.308. The van der Waals surface area contributed by atoms with Gasteiger partial charge in [0, 0.05) is 12.7 Å². The minimum Gasteiger partial charge on any atom is -0.368 e. The molecule has 0 spiro atoms. The Hall–Kier alpha value is -2.14. The van der Waals surface area contributed by atoms with Gasteiger partial charge in [0.1, 0.15) is 10.6 Å². The molecule has 0 bridgehead atoms. The van der Waals surface area contributed by atoms with Crippen LogP contribution in [0.5, 0.6) is 0 Å². The first-order valence-electron chi connectivity index (χ1n) is 5.55. The molecular weight excluding hydrogens is 244 g/mol. The molecule has 18 heavy (non-hydrogen) atoms. The number of rotatable bonds is 2. The van der Waals surface area contributed by atoms with E-state index in [2.05, 4.69) is 9.97 Å². The maximum Gasteiger partial charge on any atom is 0.223 e. The summed E-state index contributed by atoms with van der Waals surface area (Å²) in [5.41, 5.74) is 6.83. The molecule has 2 heterocycles. The normalized spacial score (nSPS) is 10.7. The standard InChI is InChI=1S/C13H12N4S/c1-17(9-5-3-2-4-6-9)11-10-7-8-18-12(10)16-13(14)15-11/h2-8H,1H3,(H2,14,15,16). The van der Waals surface area contributed by atoms with Gasteiger partial charge in [-0.25, -0.2) is 4.98 Å². The summed E-state index contributed by atoms with van der Waals surface area (Å²) in [4.78, 5) is 11.5. The highest BCUT2D eigenvalue weighted by molar-refractivity contribution is 7.16. The van der Waals surface area contributed by atoms with Crippen LogP contribution < -0.4 is 10.6 Å². The van der Waals surface area contributed by atoms with Crippen LogP contribution in [0.25, 0.3) is 10.2 Å². The predicted octanol–water partition coefficient (Wildman–Crippen LogP) is 3.04. The topological polar surface area (TPSA) is 55.0 Å². The number of nitrogen functional groups attached to an aromatic ring is 1. The van der Waals surface area contributed by atoms with Crippen molar-refractivity contribution in [1.29, 1.82) is 0 Å². The lowest BCUT2D eigenvalue weighted by molar-refractivity contribution is 1.12. The maximum absolute atomic E-state index is 5.76. The summed E-state index contributed by atoms with van der Waals surface area (Å²) < 4.78 is 0. The van der Waals surface area contributed by atoms with Crippen molar-refractivity contribution in [3.63, 3.8) is 0 Å². The number of hydrogen-bond donors (Lipinski definition) is 1. The largest absolute Gasteiger partial charge is 0.368 e. The van der Waals surface area contributed by atoms with Crippen molar-refractivity contribution >= 4 is 39.0 Å². The molecule has 0 amide bonds. The second kappa shape index (κ2) is 4.27. The van der Waals surface area contributed by atoms with E-state index in [1.165, 1.54) is 0 Å². The van der Waals surface area contributed by atoms with Crippen molar-refractivity contribution in [2.75, 3.05) is 17.7 Å². The number of thiophene rings is 1. The predicted molar refractivity (Wildman–Crippen MR) is 76.3 cm³/mol. The monoisotopic (exact) mass is 256 g/mol. The lowest BCUT2D eigenvalue weighted by Crippen LogP contribution is -2.12. The fourth-order valence-corrected chi connectivity index (χ4v) is 2.65. The molecule has 3 aromatic rings. The summed E-state index contributed by atoms with van der Waals surface area (Å²) in [5, 5.41) is 3.03. The second-order valence-corrected chi connectivity index (χ2v) is 4.83. The molecule has 5 heteroatoms. The van der Waals surface area contributed by atoms with Crippen molar-refractivity contribution in [3.8, 4) is 0 Å². The number of para-hydroxylation sites is 1. The molecule has 0 unspecified atom stereocenters. The Bertz CT molecular complexity index is 678. The van der Waals surface area contributed by atoms with Crippen molar-refractivity contribution in [1.82, 2.24) is 9.97 Å². The van der Waals surface area contributed by atoms with Gasteiger partial charge in [-0.3, -0.25) is 0 Å². The van der Waals surface area contributed by atoms with Crippen LogP contribution in [0.4, 0.5) is 17.5 Å². The van der Waals surface area contributed by atoms with Crippen LogP contribution in [-0.4, -0.2) is 17.0 Å². The zero-order valence-electron chi connectivity index (χ0n) is 9.87. The van der Waals surface area contributed by atoms with Crippen molar-refractivity contribution in [2.45, 2.75) is 0 Å². The Kier molecular flexibility index (Phi) is 2.60. The third kappa shape index (κ3) is 1.78. The molecule has 90 valence electrons. The number of nitrogens with zero attached hydrogens (tertiary/aromatic N) is 3. The third-order valence-corrected chi connectivity index (χ3v) is 3.59. The number of aromatic nitrogens is 2. The van der Waals surface area contributed by atoms with Gasteiger partial charge in [0.15, 0.2) is 0 Å². The van der Waals surface area contributed by atoms with E-state index < -0.39 is 0 Å². The molecule has 0 aliphatic carbocycles. The Morgan fingerprint density at radius 1 is 1.11 bits per heavy atom. The smallest absolute Gasteiger partial charge is 0.223 e. The number of fused-ring (bicyclic) bond motifs is 1. The molecule has 4 nitrogen and oxygen atoms in total. The number of hydrogen-bond acceptors (Lipinski definition) is 5. The average molecular weight is 256 g/mol. The fourth-order valence-electron chi connectivity index (χ4n) is 1.89. The highest BCUT2D eigenvalue weighted by Crippen LogP contribution is 2.31. The molecule has 2 N–H and O–H groups in total. The van der Waals surface area contributed by atoms with E-state index in [0.717, 1.165) is 21.7 Å². The second-order valence-electron chi connectivity index (χ2n) is 3.94. The van der Waals surface area contributed by atoms with E-state index in [9.17, 15) is 0 Å². The first-order chi connectivity index (χ1) is 8.75. The van der Waals surface area contributed by atoms with Gasteiger partial charge in [-0.15, -0.1) is 11.3 Å². The third-order valence-electron chi connectivity index (χ3n) is 2.78. The van der Waals surface area contributed by atoms with Crippen LogP contribution in [0.3, 0.4) is 0 Å². The minimum atomic E-state index is 0.308. The quantitative estimate of drug-likeness (QED) is 0.765. The van der Waals surface area contributed by atoms with Gasteiger partial charge in [0.2, 0.25) is 5.95 Å². The van der Waals surface area contributed by atoms with Crippen LogP contribution in [0, 0.1) is 0 Å². The lowest BCUT2D eigenvalue weighted by atomic mass is 10.3. The summed E-state index contributed by atoms with van der Waals surface area (Å²) in [6.45, 7) is 0. The van der Waals surface area contributed by atoms with Crippen LogP contribution >= 0.6 is 11.3 Å². The van der Waals surface area contributed by atoms with Crippen LogP contribution in [0.1, 0.15) is 0 Å². The van der Waals surface area contributed by atoms with Gasteiger partial charge < -0.3 is 10.6 Å². The van der Waals surface area contributed by atoms with Crippen molar-refractivity contribution in [2.24, 2.45) is 0 Å². The average Bonchev–Trinajstić information content (AvgIpc) is 2.86. The van der Waals surface area contributed by atoms with E-state index in [-0.39, 0.29) is 0 Å². The van der Waals surface area contributed by atoms with Gasteiger partial charge in [0.05, 0.1) is 5.39 Å². The van der Waals surface area contributed by atoms with Gasteiger partial charge in [0.25, 0.3) is 0 Å². The van der Waals surface area contributed by atoms with Crippen LogP contribution in [0.2, 0.25) is 0 Å². The summed E-state index contributed by atoms with van der Waals surface area (Å²) in [6, 6.07) is 12.1. The van der Waals surface area contributed by atoms with Gasteiger partial charge >= 0.3 is 0 Å². The molecule has 0 radical (unpaired) electrons. The molecule has 2 aromatic heterocycles. The highest BCUT2D eigenvalue weighted by atomic mass is 32.1. The van der Waals surface area contributed by atoms with Crippen molar-refractivity contribution < 1.29 is 0 Å². The molecular formula is C13H12N4S.